The maximum absolute atomic E-state index is 12.1. The summed E-state index contributed by atoms with van der Waals surface area (Å²) in [5, 5.41) is 12.1. The van der Waals surface area contributed by atoms with Gasteiger partial charge in [0.05, 0.1) is 5.41 Å². The molecule has 1 aromatic carbocycles. The molecule has 0 aromatic heterocycles. The molecule has 0 saturated carbocycles. The normalized spacial score (nSPS) is 13.9. The number of benzene rings is 1. The lowest BCUT2D eigenvalue weighted by Gasteiger charge is -2.28. The van der Waals surface area contributed by atoms with Gasteiger partial charge >= 0.3 is 5.97 Å². The van der Waals surface area contributed by atoms with Gasteiger partial charge < -0.3 is 10.4 Å². The van der Waals surface area contributed by atoms with Crippen LogP contribution in [0.15, 0.2) is 18.2 Å². The van der Waals surface area contributed by atoms with Crippen LogP contribution in [-0.4, -0.2) is 17.0 Å². The fourth-order valence-corrected chi connectivity index (χ4v) is 1.88. The van der Waals surface area contributed by atoms with Gasteiger partial charge in [-0.15, -0.1) is 0 Å². The van der Waals surface area contributed by atoms with E-state index in [0.29, 0.717) is 5.69 Å². The van der Waals surface area contributed by atoms with Crippen molar-refractivity contribution in [1.82, 2.24) is 0 Å². The Morgan fingerprint density at radius 2 is 1.85 bits per heavy atom. The van der Waals surface area contributed by atoms with Crippen LogP contribution < -0.4 is 5.32 Å². The van der Waals surface area contributed by atoms with Crippen molar-refractivity contribution in [2.45, 2.75) is 41.0 Å². The van der Waals surface area contributed by atoms with Gasteiger partial charge in [0, 0.05) is 12.1 Å². The van der Waals surface area contributed by atoms with E-state index in [4.69, 9.17) is 0 Å². The third kappa shape index (κ3) is 3.59. The van der Waals surface area contributed by atoms with Gasteiger partial charge in [0.2, 0.25) is 5.91 Å². The Balaban J connectivity index is 2.81. The highest BCUT2D eigenvalue weighted by atomic mass is 16.4. The Labute approximate surface area is 120 Å². The van der Waals surface area contributed by atoms with E-state index < -0.39 is 11.4 Å². The molecule has 1 aromatic rings. The van der Waals surface area contributed by atoms with Crippen molar-refractivity contribution in [3.63, 3.8) is 0 Å². The second-order valence-electron chi connectivity index (χ2n) is 5.90. The summed E-state index contributed by atoms with van der Waals surface area (Å²) in [5.41, 5.74) is 1.90. The number of amides is 1. The van der Waals surface area contributed by atoms with E-state index in [1.165, 1.54) is 0 Å². The number of anilines is 1. The molecule has 0 spiro atoms. The monoisotopic (exact) mass is 277 g/mol. The Morgan fingerprint density at radius 1 is 1.25 bits per heavy atom. The van der Waals surface area contributed by atoms with Gasteiger partial charge in [0.1, 0.15) is 0 Å². The molecule has 1 rings (SSSR count). The summed E-state index contributed by atoms with van der Waals surface area (Å²) < 4.78 is 0. The fourth-order valence-electron chi connectivity index (χ4n) is 1.88. The van der Waals surface area contributed by atoms with E-state index >= 15 is 0 Å². The molecule has 1 amide bonds. The number of rotatable bonds is 5. The molecular weight excluding hydrogens is 254 g/mol. The molecule has 1 atom stereocenters. The number of carboxylic acid groups (broad SMARTS) is 1. The predicted octanol–water partition coefficient (Wildman–Crippen LogP) is 3.38. The van der Waals surface area contributed by atoms with Crippen LogP contribution >= 0.6 is 0 Å². The zero-order valence-corrected chi connectivity index (χ0v) is 12.8. The highest BCUT2D eigenvalue weighted by Gasteiger charge is 2.38. The first-order valence-electron chi connectivity index (χ1n) is 6.77. The lowest BCUT2D eigenvalue weighted by atomic mass is 9.76. The highest BCUT2D eigenvalue weighted by Crippen LogP contribution is 2.31. The second-order valence-corrected chi connectivity index (χ2v) is 5.90. The zero-order chi connectivity index (χ0) is 15.5. The second kappa shape index (κ2) is 6.07. The van der Waals surface area contributed by atoms with Crippen molar-refractivity contribution in [2.75, 3.05) is 5.32 Å². The van der Waals surface area contributed by atoms with E-state index in [1.54, 1.807) is 6.92 Å². The van der Waals surface area contributed by atoms with Crippen molar-refractivity contribution in [3.05, 3.63) is 29.3 Å². The maximum atomic E-state index is 12.1. The summed E-state index contributed by atoms with van der Waals surface area (Å²) in [5.74, 6) is -1.33. The number of nitrogens with one attached hydrogen (secondary N) is 1. The van der Waals surface area contributed by atoms with Crippen molar-refractivity contribution in [1.29, 1.82) is 0 Å². The number of carbonyl (C=O) groups excluding carboxylic acids is 1. The molecule has 110 valence electrons. The van der Waals surface area contributed by atoms with Gasteiger partial charge in [0.15, 0.2) is 0 Å². The predicted molar refractivity (Wildman–Crippen MR) is 79.7 cm³/mol. The molecule has 0 aliphatic rings. The molecule has 0 aliphatic heterocycles. The average molecular weight is 277 g/mol. The third-order valence-corrected chi connectivity index (χ3v) is 4.08. The van der Waals surface area contributed by atoms with Gasteiger partial charge in [-0.25, -0.2) is 0 Å². The Hall–Kier alpha value is -1.84. The molecule has 2 N–H and O–H groups in total. The number of hydrogen-bond donors (Lipinski definition) is 2. The van der Waals surface area contributed by atoms with Crippen LogP contribution in [0.5, 0.6) is 0 Å². The Bertz CT molecular complexity index is 522. The lowest BCUT2D eigenvalue weighted by Crippen LogP contribution is -2.37. The number of aryl methyl sites for hydroxylation is 2. The largest absolute Gasteiger partial charge is 0.481 e. The van der Waals surface area contributed by atoms with E-state index in [9.17, 15) is 14.7 Å². The number of carbonyl (C=O) groups is 2. The SMILES string of the molecule is Cc1ccc(NC(=O)CC(C)(C(=O)O)C(C)C)cc1C. The zero-order valence-electron chi connectivity index (χ0n) is 12.8. The van der Waals surface area contributed by atoms with Crippen LogP contribution in [-0.2, 0) is 9.59 Å². The van der Waals surface area contributed by atoms with E-state index in [2.05, 4.69) is 5.32 Å². The van der Waals surface area contributed by atoms with E-state index in [1.807, 2.05) is 45.9 Å². The molecule has 0 saturated heterocycles. The molecule has 0 aliphatic carbocycles. The van der Waals surface area contributed by atoms with Gasteiger partial charge in [-0.1, -0.05) is 19.9 Å². The Morgan fingerprint density at radius 3 is 2.30 bits per heavy atom. The molecule has 4 nitrogen and oxygen atoms in total. The molecule has 4 heteroatoms. The van der Waals surface area contributed by atoms with Crippen LogP contribution in [0.1, 0.15) is 38.3 Å². The van der Waals surface area contributed by atoms with E-state index in [0.717, 1.165) is 11.1 Å². The smallest absolute Gasteiger partial charge is 0.310 e. The first-order valence-corrected chi connectivity index (χ1v) is 6.77. The van der Waals surface area contributed by atoms with Gasteiger partial charge in [0.25, 0.3) is 0 Å². The van der Waals surface area contributed by atoms with Crippen LogP contribution in [0.4, 0.5) is 5.69 Å². The summed E-state index contributed by atoms with van der Waals surface area (Å²) in [6.07, 6.45) is -0.0348. The van der Waals surface area contributed by atoms with Crippen LogP contribution in [0.2, 0.25) is 0 Å². The molecule has 20 heavy (non-hydrogen) atoms. The fraction of sp³-hybridized carbons (Fsp3) is 0.500. The topological polar surface area (TPSA) is 66.4 Å². The van der Waals surface area contributed by atoms with Gasteiger partial charge in [-0.3, -0.25) is 9.59 Å². The van der Waals surface area contributed by atoms with E-state index in [-0.39, 0.29) is 18.2 Å². The van der Waals surface area contributed by atoms with Crippen LogP contribution in [0.25, 0.3) is 0 Å². The van der Waals surface area contributed by atoms with Crippen molar-refractivity contribution in [3.8, 4) is 0 Å². The summed E-state index contributed by atoms with van der Waals surface area (Å²) in [7, 11) is 0. The van der Waals surface area contributed by atoms with Crippen LogP contribution in [0.3, 0.4) is 0 Å². The molecule has 0 bridgehead atoms. The summed E-state index contributed by atoms with van der Waals surface area (Å²) in [6, 6.07) is 5.65. The minimum atomic E-state index is -1.05. The minimum absolute atomic E-state index is 0.0348. The van der Waals surface area contributed by atoms with Crippen LogP contribution in [0, 0.1) is 25.2 Å². The first-order chi connectivity index (χ1) is 9.16. The molecule has 0 fully saturated rings. The summed E-state index contributed by atoms with van der Waals surface area (Å²) in [6.45, 7) is 9.22. The van der Waals surface area contributed by atoms with Crippen molar-refractivity contribution in [2.24, 2.45) is 11.3 Å². The average Bonchev–Trinajstić information content (AvgIpc) is 2.33. The third-order valence-electron chi connectivity index (χ3n) is 4.08. The standard InChI is InChI=1S/C16H23NO3/c1-10(2)16(5,15(19)20)9-14(18)17-13-7-6-11(3)12(4)8-13/h6-8,10H,9H2,1-5H3,(H,17,18)(H,19,20). The lowest BCUT2D eigenvalue weighted by molar-refractivity contribution is -0.153. The summed E-state index contributed by atoms with van der Waals surface area (Å²) >= 11 is 0. The van der Waals surface area contributed by atoms with Gasteiger partial charge in [-0.2, -0.15) is 0 Å². The maximum Gasteiger partial charge on any atom is 0.310 e. The number of aliphatic carboxylic acids is 1. The minimum Gasteiger partial charge on any atom is -0.481 e. The van der Waals surface area contributed by atoms with Gasteiger partial charge in [-0.05, 0) is 49.9 Å². The number of carboxylic acids is 1. The Kier molecular flexibility index (Phi) is 4.93. The first kappa shape index (κ1) is 16.2. The molecule has 0 heterocycles. The molecule has 0 radical (unpaired) electrons. The van der Waals surface area contributed by atoms with Crippen molar-refractivity contribution < 1.29 is 14.7 Å². The quantitative estimate of drug-likeness (QED) is 0.867. The molecule has 1 unspecified atom stereocenters. The van der Waals surface area contributed by atoms with Crippen molar-refractivity contribution >= 4 is 17.6 Å². The molecular formula is C16H23NO3. The summed E-state index contributed by atoms with van der Waals surface area (Å²) in [4.78, 5) is 23.4. The number of hydrogen-bond acceptors (Lipinski definition) is 2. The highest BCUT2D eigenvalue weighted by molar-refractivity contribution is 5.94.